The van der Waals surface area contributed by atoms with Crippen LogP contribution in [0.25, 0.3) is 0 Å². The summed E-state index contributed by atoms with van der Waals surface area (Å²) in [6.07, 6.45) is 4.73. The molecular formula is C14H26N2O2. The lowest BCUT2D eigenvalue weighted by Gasteiger charge is -2.25. The lowest BCUT2D eigenvalue weighted by Crippen LogP contribution is -2.37. The van der Waals surface area contributed by atoms with Crippen molar-refractivity contribution >= 4 is 5.91 Å². The molecule has 0 spiro atoms. The number of hydrogen-bond donors (Lipinski definition) is 2. The molecule has 2 unspecified atom stereocenters. The van der Waals surface area contributed by atoms with Crippen molar-refractivity contribution in [2.24, 2.45) is 11.8 Å². The molecule has 1 aliphatic rings. The molecule has 18 heavy (non-hydrogen) atoms. The molecule has 0 fully saturated rings. The van der Waals surface area contributed by atoms with Gasteiger partial charge in [0.15, 0.2) is 0 Å². The van der Waals surface area contributed by atoms with E-state index in [1.165, 1.54) is 12.0 Å². The Bertz CT molecular complexity index is 290. The zero-order valence-electron chi connectivity index (χ0n) is 11.8. The predicted molar refractivity (Wildman–Crippen MR) is 73.4 cm³/mol. The molecule has 0 aliphatic heterocycles. The number of allylic oxidation sites excluding steroid dienone is 2. The van der Waals surface area contributed by atoms with E-state index in [-0.39, 0.29) is 5.91 Å². The molecule has 0 radical (unpaired) electrons. The van der Waals surface area contributed by atoms with Gasteiger partial charge in [0, 0.05) is 13.7 Å². The first-order chi connectivity index (χ1) is 8.61. The third-order valence-corrected chi connectivity index (χ3v) is 3.23. The Morgan fingerprint density at radius 3 is 3.00 bits per heavy atom. The highest BCUT2D eigenvalue weighted by atomic mass is 16.5. The number of rotatable bonds is 7. The Morgan fingerprint density at radius 1 is 1.56 bits per heavy atom. The van der Waals surface area contributed by atoms with Crippen molar-refractivity contribution in [3.63, 3.8) is 0 Å². The fourth-order valence-corrected chi connectivity index (χ4v) is 2.59. The zero-order chi connectivity index (χ0) is 13.4. The molecule has 0 aromatic carbocycles. The van der Waals surface area contributed by atoms with Gasteiger partial charge in [-0.2, -0.15) is 0 Å². The molecule has 1 rings (SSSR count). The molecule has 0 bridgehead atoms. The van der Waals surface area contributed by atoms with Crippen molar-refractivity contribution in [3.8, 4) is 0 Å². The summed E-state index contributed by atoms with van der Waals surface area (Å²) in [5.41, 5.74) is 1.48. The highest BCUT2D eigenvalue weighted by molar-refractivity contribution is 5.77. The van der Waals surface area contributed by atoms with E-state index in [1.54, 1.807) is 7.11 Å². The second-order valence-corrected chi connectivity index (χ2v) is 5.27. The highest BCUT2D eigenvalue weighted by Crippen LogP contribution is 2.26. The van der Waals surface area contributed by atoms with Crippen molar-refractivity contribution in [1.29, 1.82) is 0 Å². The van der Waals surface area contributed by atoms with E-state index in [4.69, 9.17) is 4.74 Å². The number of ether oxygens (including phenoxy) is 1. The first-order valence-electron chi connectivity index (χ1n) is 6.75. The first-order valence-corrected chi connectivity index (χ1v) is 6.75. The molecule has 104 valence electrons. The second-order valence-electron chi connectivity index (χ2n) is 5.27. The Kier molecular flexibility index (Phi) is 6.98. The molecule has 2 N–H and O–H groups in total. The lowest BCUT2D eigenvalue weighted by atomic mass is 9.84. The number of methoxy groups -OCH3 is 1. The van der Waals surface area contributed by atoms with E-state index in [9.17, 15) is 4.79 Å². The number of carbonyl (C=O) groups excluding carboxylic acids is 1. The smallest absolute Gasteiger partial charge is 0.234 e. The van der Waals surface area contributed by atoms with Gasteiger partial charge in [-0.15, -0.1) is 0 Å². The van der Waals surface area contributed by atoms with Gasteiger partial charge in [-0.1, -0.05) is 18.6 Å². The maximum atomic E-state index is 11.4. The second kappa shape index (κ2) is 8.27. The van der Waals surface area contributed by atoms with Crippen LogP contribution >= 0.6 is 0 Å². The summed E-state index contributed by atoms with van der Waals surface area (Å²) >= 11 is 0. The summed E-state index contributed by atoms with van der Waals surface area (Å²) in [6, 6.07) is 0. The molecule has 1 amide bonds. The van der Waals surface area contributed by atoms with Crippen LogP contribution < -0.4 is 10.6 Å². The predicted octanol–water partition coefficient (Wildman–Crippen LogP) is 1.33. The highest BCUT2D eigenvalue weighted by Gasteiger charge is 2.17. The SMILES string of the molecule is COCCNC(=O)CNCC1CC(C)=CC(C)C1. The monoisotopic (exact) mass is 254 g/mol. The number of carbonyl (C=O) groups is 1. The van der Waals surface area contributed by atoms with Gasteiger partial charge in [-0.25, -0.2) is 0 Å². The molecule has 0 saturated heterocycles. The van der Waals surface area contributed by atoms with Crippen molar-refractivity contribution in [2.45, 2.75) is 26.7 Å². The minimum atomic E-state index is 0.0446. The minimum Gasteiger partial charge on any atom is -0.383 e. The minimum absolute atomic E-state index is 0.0446. The van der Waals surface area contributed by atoms with E-state index in [2.05, 4.69) is 30.6 Å². The van der Waals surface area contributed by atoms with Crippen molar-refractivity contribution in [1.82, 2.24) is 10.6 Å². The molecule has 0 heterocycles. The summed E-state index contributed by atoms with van der Waals surface area (Å²) in [6.45, 7) is 6.92. The van der Waals surface area contributed by atoms with E-state index in [0.29, 0.717) is 31.5 Å². The van der Waals surface area contributed by atoms with Crippen LogP contribution in [0, 0.1) is 11.8 Å². The first kappa shape index (κ1) is 15.2. The van der Waals surface area contributed by atoms with Gasteiger partial charge in [-0.05, 0) is 38.1 Å². The number of hydrogen-bond acceptors (Lipinski definition) is 3. The van der Waals surface area contributed by atoms with Crippen molar-refractivity contribution < 1.29 is 9.53 Å². The molecule has 4 nitrogen and oxygen atoms in total. The van der Waals surface area contributed by atoms with Crippen molar-refractivity contribution in [2.75, 3.05) is 33.4 Å². The standard InChI is InChI=1S/C14H26N2O2/c1-11-6-12(2)8-13(7-11)9-15-10-14(17)16-4-5-18-3/h6,11,13,15H,4-5,7-10H2,1-3H3,(H,16,17). The molecule has 2 atom stereocenters. The maximum absolute atomic E-state index is 11.4. The van der Waals surface area contributed by atoms with E-state index < -0.39 is 0 Å². The Labute approximate surface area is 110 Å². The van der Waals surface area contributed by atoms with Crippen LogP contribution in [0.4, 0.5) is 0 Å². The van der Waals surface area contributed by atoms with Crippen LogP contribution in [0.15, 0.2) is 11.6 Å². The van der Waals surface area contributed by atoms with Crippen LogP contribution in [-0.4, -0.2) is 39.3 Å². The summed E-state index contributed by atoms with van der Waals surface area (Å²) < 4.78 is 4.87. The molecule has 1 aliphatic carbocycles. The van der Waals surface area contributed by atoms with Crippen molar-refractivity contribution in [3.05, 3.63) is 11.6 Å². The summed E-state index contributed by atoms with van der Waals surface area (Å²) in [5, 5.41) is 6.04. The van der Waals surface area contributed by atoms with Gasteiger partial charge in [0.2, 0.25) is 5.91 Å². The zero-order valence-corrected chi connectivity index (χ0v) is 11.8. The largest absolute Gasteiger partial charge is 0.383 e. The molecular weight excluding hydrogens is 228 g/mol. The number of amides is 1. The number of nitrogens with one attached hydrogen (secondary N) is 2. The quantitative estimate of drug-likeness (QED) is 0.532. The van der Waals surface area contributed by atoms with E-state index in [1.807, 2.05) is 0 Å². The molecule has 0 saturated carbocycles. The average Bonchev–Trinajstić information content (AvgIpc) is 2.28. The maximum Gasteiger partial charge on any atom is 0.234 e. The summed E-state index contributed by atoms with van der Waals surface area (Å²) in [5.74, 6) is 1.38. The summed E-state index contributed by atoms with van der Waals surface area (Å²) in [7, 11) is 1.63. The Morgan fingerprint density at radius 2 is 2.33 bits per heavy atom. The normalized spacial score (nSPS) is 23.6. The van der Waals surface area contributed by atoms with Gasteiger partial charge in [-0.3, -0.25) is 4.79 Å². The lowest BCUT2D eigenvalue weighted by molar-refractivity contribution is -0.120. The Balaban J connectivity index is 2.11. The fraction of sp³-hybridized carbons (Fsp3) is 0.786. The fourth-order valence-electron chi connectivity index (χ4n) is 2.59. The van der Waals surface area contributed by atoms with E-state index >= 15 is 0 Å². The molecule has 0 aromatic heterocycles. The molecule has 0 aromatic rings. The molecule has 4 heteroatoms. The van der Waals surface area contributed by atoms with Gasteiger partial charge < -0.3 is 15.4 Å². The van der Waals surface area contributed by atoms with Gasteiger partial charge in [0.25, 0.3) is 0 Å². The van der Waals surface area contributed by atoms with Crippen LogP contribution in [0.5, 0.6) is 0 Å². The van der Waals surface area contributed by atoms with Crippen LogP contribution in [0.2, 0.25) is 0 Å². The van der Waals surface area contributed by atoms with Crippen LogP contribution in [0.1, 0.15) is 26.7 Å². The average molecular weight is 254 g/mol. The van der Waals surface area contributed by atoms with Crippen LogP contribution in [-0.2, 0) is 9.53 Å². The Hall–Kier alpha value is -0.870. The third kappa shape index (κ3) is 6.17. The van der Waals surface area contributed by atoms with Gasteiger partial charge in [0.1, 0.15) is 0 Å². The third-order valence-electron chi connectivity index (χ3n) is 3.23. The van der Waals surface area contributed by atoms with Gasteiger partial charge >= 0.3 is 0 Å². The topological polar surface area (TPSA) is 50.4 Å². The summed E-state index contributed by atoms with van der Waals surface area (Å²) in [4.78, 5) is 11.4. The van der Waals surface area contributed by atoms with Gasteiger partial charge in [0.05, 0.1) is 13.2 Å². The van der Waals surface area contributed by atoms with E-state index in [0.717, 1.165) is 13.0 Å². The van der Waals surface area contributed by atoms with Crippen LogP contribution in [0.3, 0.4) is 0 Å².